The van der Waals surface area contributed by atoms with E-state index in [1.54, 1.807) is 0 Å². The second kappa shape index (κ2) is 5.60. The molecule has 2 aromatic rings. The molecule has 2 nitrogen and oxygen atoms in total. The topological polar surface area (TPSA) is 33.1 Å². The summed E-state index contributed by atoms with van der Waals surface area (Å²) in [6.45, 7) is -0.824. The van der Waals surface area contributed by atoms with Crippen LogP contribution in [-0.2, 0) is 19.0 Å². The van der Waals surface area contributed by atoms with Crippen molar-refractivity contribution >= 4 is 0 Å². The van der Waals surface area contributed by atoms with Crippen LogP contribution >= 0.6 is 0 Å². The van der Waals surface area contributed by atoms with E-state index in [9.17, 15) is 26.3 Å². The third-order valence-electron chi connectivity index (χ3n) is 2.92. The molecule has 0 radical (unpaired) electrons. The van der Waals surface area contributed by atoms with Crippen LogP contribution in [0.5, 0.6) is 0 Å². The Morgan fingerprint density at radius 2 is 1.59 bits per heavy atom. The van der Waals surface area contributed by atoms with E-state index in [-0.39, 0.29) is 16.8 Å². The first kappa shape index (κ1) is 16.3. The van der Waals surface area contributed by atoms with Crippen LogP contribution in [0.1, 0.15) is 17.0 Å². The number of halogens is 6. The predicted molar refractivity (Wildman–Crippen MR) is 65.6 cm³/mol. The zero-order chi connectivity index (χ0) is 16.5. The van der Waals surface area contributed by atoms with Crippen LogP contribution in [0.4, 0.5) is 26.3 Å². The zero-order valence-electron chi connectivity index (χ0n) is 10.8. The van der Waals surface area contributed by atoms with Crippen molar-refractivity contribution in [2.24, 2.45) is 0 Å². The van der Waals surface area contributed by atoms with E-state index < -0.39 is 30.2 Å². The predicted octanol–water partition coefficient (Wildman–Crippen LogP) is 4.28. The summed E-state index contributed by atoms with van der Waals surface area (Å²) in [5.74, 6) is 0. The number of aromatic nitrogens is 1. The average molecular weight is 321 g/mol. The third kappa shape index (κ3) is 3.38. The fraction of sp³-hybridized carbons (Fsp3) is 0.214. The molecule has 1 aromatic carbocycles. The van der Waals surface area contributed by atoms with Crippen molar-refractivity contribution in [3.05, 3.63) is 53.3 Å². The molecule has 1 aromatic heterocycles. The van der Waals surface area contributed by atoms with Crippen molar-refractivity contribution in [1.82, 2.24) is 4.98 Å². The highest BCUT2D eigenvalue weighted by Crippen LogP contribution is 2.34. The number of aliphatic hydroxyl groups is 1. The highest BCUT2D eigenvalue weighted by Gasteiger charge is 2.33. The third-order valence-corrected chi connectivity index (χ3v) is 2.92. The van der Waals surface area contributed by atoms with Crippen LogP contribution in [0.3, 0.4) is 0 Å². The van der Waals surface area contributed by atoms with Crippen LogP contribution in [0.15, 0.2) is 36.4 Å². The zero-order valence-corrected chi connectivity index (χ0v) is 10.8. The second-order valence-corrected chi connectivity index (χ2v) is 4.43. The summed E-state index contributed by atoms with van der Waals surface area (Å²) in [6, 6.07) is 5.74. The maximum absolute atomic E-state index is 12.7. The molecule has 0 spiro atoms. The van der Waals surface area contributed by atoms with Gasteiger partial charge in [0.25, 0.3) is 0 Å². The Morgan fingerprint density at radius 1 is 0.909 bits per heavy atom. The van der Waals surface area contributed by atoms with Gasteiger partial charge in [-0.2, -0.15) is 26.3 Å². The van der Waals surface area contributed by atoms with Crippen molar-refractivity contribution < 1.29 is 31.4 Å². The molecule has 0 fully saturated rings. The molecule has 1 N–H and O–H groups in total. The van der Waals surface area contributed by atoms with Crippen molar-refractivity contribution in [1.29, 1.82) is 0 Å². The minimum Gasteiger partial charge on any atom is -0.390 e. The van der Waals surface area contributed by atoms with Crippen LogP contribution in [0.2, 0.25) is 0 Å². The number of alkyl halides is 6. The summed E-state index contributed by atoms with van der Waals surface area (Å²) < 4.78 is 75.7. The largest absolute Gasteiger partial charge is 0.433 e. The molecule has 22 heavy (non-hydrogen) atoms. The monoisotopic (exact) mass is 321 g/mol. The molecule has 0 aliphatic heterocycles. The summed E-state index contributed by atoms with van der Waals surface area (Å²) >= 11 is 0. The Kier molecular flexibility index (Phi) is 4.15. The van der Waals surface area contributed by atoms with E-state index in [2.05, 4.69) is 4.98 Å². The average Bonchev–Trinajstić information content (AvgIpc) is 2.45. The molecule has 118 valence electrons. The normalized spacial score (nSPS) is 12.5. The molecular formula is C14H9F6NO. The molecular weight excluding hydrogens is 312 g/mol. The van der Waals surface area contributed by atoms with Gasteiger partial charge in [0.05, 0.1) is 17.9 Å². The number of aliphatic hydroxyl groups excluding tert-OH is 1. The molecule has 0 atom stereocenters. The fourth-order valence-corrected chi connectivity index (χ4v) is 1.91. The van der Waals surface area contributed by atoms with Crippen molar-refractivity contribution in [2.75, 3.05) is 0 Å². The van der Waals surface area contributed by atoms with Gasteiger partial charge in [-0.15, -0.1) is 0 Å². The smallest absolute Gasteiger partial charge is 0.390 e. The number of rotatable bonds is 2. The molecule has 0 amide bonds. The molecule has 2 rings (SSSR count). The number of hydrogen-bond donors (Lipinski definition) is 1. The van der Waals surface area contributed by atoms with Gasteiger partial charge in [0, 0.05) is 5.56 Å². The molecule has 0 unspecified atom stereocenters. The van der Waals surface area contributed by atoms with E-state index in [0.717, 1.165) is 24.3 Å². The van der Waals surface area contributed by atoms with Crippen LogP contribution < -0.4 is 0 Å². The number of nitrogens with zero attached hydrogens (tertiary/aromatic N) is 1. The molecule has 0 saturated carbocycles. The first-order valence-corrected chi connectivity index (χ1v) is 5.98. The summed E-state index contributed by atoms with van der Waals surface area (Å²) in [4.78, 5) is 3.27. The lowest BCUT2D eigenvalue weighted by molar-refractivity contribution is -0.141. The minimum atomic E-state index is -4.70. The highest BCUT2D eigenvalue weighted by atomic mass is 19.4. The van der Waals surface area contributed by atoms with Gasteiger partial charge < -0.3 is 5.11 Å². The van der Waals surface area contributed by atoms with E-state index in [1.165, 1.54) is 6.07 Å². The molecule has 1 heterocycles. The minimum absolute atomic E-state index is 0.0154. The molecule has 0 aliphatic rings. The van der Waals surface area contributed by atoms with Gasteiger partial charge in [-0.1, -0.05) is 18.2 Å². The van der Waals surface area contributed by atoms with Gasteiger partial charge in [0.15, 0.2) is 0 Å². The van der Waals surface area contributed by atoms with Gasteiger partial charge in [-0.25, -0.2) is 4.98 Å². The van der Waals surface area contributed by atoms with E-state index >= 15 is 0 Å². The summed E-state index contributed by atoms with van der Waals surface area (Å²) in [7, 11) is 0. The maximum Gasteiger partial charge on any atom is 0.433 e. The Morgan fingerprint density at radius 3 is 2.14 bits per heavy atom. The maximum atomic E-state index is 12.7. The Balaban J connectivity index is 2.54. The molecule has 0 aliphatic carbocycles. The van der Waals surface area contributed by atoms with Crippen molar-refractivity contribution in [2.45, 2.75) is 19.0 Å². The number of hydrogen-bond acceptors (Lipinski definition) is 2. The Hall–Kier alpha value is -2.09. The van der Waals surface area contributed by atoms with E-state index in [1.807, 2.05) is 0 Å². The van der Waals surface area contributed by atoms with Gasteiger partial charge in [0.2, 0.25) is 0 Å². The molecule has 0 saturated heterocycles. The first-order valence-electron chi connectivity index (χ1n) is 5.98. The number of benzene rings is 1. The quantitative estimate of drug-likeness (QED) is 0.838. The lowest BCUT2D eigenvalue weighted by atomic mass is 10.0. The van der Waals surface area contributed by atoms with Crippen molar-refractivity contribution in [3.63, 3.8) is 0 Å². The summed E-state index contributed by atoms with van der Waals surface area (Å²) in [5.41, 5.74) is -2.45. The molecule has 8 heteroatoms. The van der Waals surface area contributed by atoms with Gasteiger partial charge in [-0.3, -0.25) is 0 Å². The lowest BCUT2D eigenvalue weighted by Crippen LogP contribution is -2.10. The van der Waals surface area contributed by atoms with Crippen LogP contribution in [0, 0.1) is 0 Å². The SMILES string of the molecule is OCc1nc(C(F)(F)F)ccc1-c1cccc(C(F)(F)F)c1. The van der Waals surface area contributed by atoms with E-state index in [4.69, 9.17) is 5.11 Å². The standard InChI is InChI=1S/C14H9F6NO/c15-13(16,17)9-3-1-2-8(6-9)10-4-5-12(14(18,19)20)21-11(10)7-22/h1-6,22H,7H2. The Bertz CT molecular complexity index is 678. The van der Waals surface area contributed by atoms with E-state index in [0.29, 0.717) is 6.07 Å². The first-order chi connectivity index (χ1) is 10.1. The fourth-order valence-electron chi connectivity index (χ4n) is 1.91. The van der Waals surface area contributed by atoms with Gasteiger partial charge in [0.1, 0.15) is 5.69 Å². The highest BCUT2D eigenvalue weighted by molar-refractivity contribution is 5.67. The Labute approximate surface area is 121 Å². The van der Waals surface area contributed by atoms with Gasteiger partial charge >= 0.3 is 12.4 Å². The van der Waals surface area contributed by atoms with Crippen LogP contribution in [-0.4, -0.2) is 10.1 Å². The lowest BCUT2D eigenvalue weighted by Gasteiger charge is -2.13. The number of pyridine rings is 1. The molecule has 0 bridgehead atoms. The van der Waals surface area contributed by atoms with Gasteiger partial charge in [-0.05, 0) is 23.8 Å². The van der Waals surface area contributed by atoms with Crippen LogP contribution in [0.25, 0.3) is 11.1 Å². The second-order valence-electron chi connectivity index (χ2n) is 4.43. The van der Waals surface area contributed by atoms with Crippen molar-refractivity contribution in [3.8, 4) is 11.1 Å². The summed E-state index contributed by atoms with van der Waals surface area (Å²) in [5, 5.41) is 9.15. The summed E-state index contributed by atoms with van der Waals surface area (Å²) in [6.07, 6.45) is -9.27.